The Morgan fingerprint density at radius 3 is 2.08 bits per heavy atom. The van der Waals surface area contributed by atoms with Crippen LogP contribution in [0.15, 0.2) is 0 Å². The van der Waals surface area contributed by atoms with Crippen LogP contribution in [0.5, 0.6) is 0 Å². The van der Waals surface area contributed by atoms with Gasteiger partial charge in [0.1, 0.15) is 0 Å². The minimum Gasteiger partial charge on any atom is -0.395 e. The standard InChI is InChI=1S/C11H25NO/c1-5-7-12(8-9-13)11(6-2)10(3)4/h10-11,13H,5-9H2,1-4H3. The lowest BCUT2D eigenvalue weighted by atomic mass is 10.00. The van der Waals surface area contributed by atoms with Crippen molar-refractivity contribution >= 4 is 0 Å². The van der Waals surface area contributed by atoms with Crippen molar-refractivity contribution in [3.8, 4) is 0 Å². The average molecular weight is 187 g/mol. The van der Waals surface area contributed by atoms with Gasteiger partial charge in [0.15, 0.2) is 0 Å². The predicted molar refractivity (Wildman–Crippen MR) is 57.9 cm³/mol. The molecule has 0 radical (unpaired) electrons. The monoisotopic (exact) mass is 187 g/mol. The highest BCUT2D eigenvalue weighted by Gasteiger charge is 2.18. The molecule has 0 spiro atoms. The third-order valence-corrected chi connectivity index (χ3v) is 2.55. The first-order valence-corrected chi connectivity index (χ1v) is 5.52. The molecule has 0 amide bonds. The van der Waals surface area contributed by atoms with Crippen LogP contribution in [0.25, 0.3) is 0 Å². The lowest BCUT2D eigenvalue weighted by molar-refractivity contribution is 0.119. The molecule has 0 saturated carbocycles. The van der Waals surface area contributed by atoms with E-state index in [0.29, 0.717) is 12.0 Å². The first kappa shape index (κ1) is 12.9. The molecule has 1 atom stereocenters. The Morgan fingerprint density at radius 1 is 1.15 bits per heavy atom. The maximum Gasteiger partial charge on any atom is 0.0558 e. The van der Waals surface area contributed by atoms with Crippen LogP contribution in [0.2, 0.25) is 0 Å². The molecule has 2 heteroatoms. The number of aliphatic hydroxyl groups is 1. The minimum absolute atomic E-state index is 0.281. The van der Waals surface area contributed by atoms with Gasteiger partial charge in [0.05, 0.1) is 6.61 Å². The predicted octanol–water partition coefficient (Wildman–Crippen LogP) is 2.13. The van der Waals surface area contributed by atoms with Crippen LogP contribution in [-0.4, -0.2) is 35.7 Å². The summed E-state index contributed by atoms with van der Waals surface area (Å²) in [7, 11) is 0. The van der Waals surface area contributed by atoms with E-state index in [2.05, 4.69) is 32.6 Å². The normalized spacial score (nSPS) is 14.1. The van der Waals surface area contributed by atoms with E-state index in [0.717, 1.165) is 13.1 Å². The Hall–Kier alpha value is -0.0800. The fourth-order valence-electron chi connectivity index (χ4n) is 2.01. The molecule has 80 valence electrons. The first-order valence-electron chi connectivity index (χ1n) is 5.52. The summed E-state index contributed by atoms with van der Waals surface area (Å²) in [4.78, 5) is 2.41. The van der Waals surface area contributed by atoms with Gasteiger partial charge >= 0.3 is 0 Å². The molecule has 0 bridgehead atoms. The van der Waals surface area contributed by atoms with Gasteiger partial charge in [-0.05, 0) is 25.3 Å². The number of rotatable bonds is 7. The largest absolute Gasteiger partial charge is 0.395 e. The summed E-state index contributed by atoms with van der Waals surface area (Å²) >= 11 is 0. The summed E-state index contributed by atoms with van der Waals surface area (Å²) in [5.41, 5.74) is 0. The highest BCUT2D eigenvalue weighted by atomic mass is 16.3. The summed E-state index contributed by atoms with van der Waals surface area (Å²) in [6.45, 7) is 11.1. The molecular formula is C11H25NO. The van der Waals surface area contributed by atoms with Gasteiger partial charge in [-0.15, -0.1) is 0 Å². The molecule has 0 fully saturated rings. The van der Waals surface area contributed by atoms with Crippen LogP contribution in [0.1, 0.15) is 40.5 Å². The second-order valence-corrected chi connectivity index (χ2v) is 3.98. The molecule has 0 aromatic rings. The lowest BCUT2D eigenvalue weighted by Gasteiger charge is -2.33. The van der Waals surface area contributed by atoms with E-state index in [-0.39, 0.29) is 6.61 Å². The summed E-state index contributed by atoms with van der Waals surface area (Å²) in [6.07, 6.45) is 2.35. The third-order valence-electron chi connectivity index (χ3n) is 2.55. The van der Waals surface area contributed by atoms with E-state index < -0.39 is 0 Å². The summed E-state index contributed by atoms with van der Waals surface area (Å²) < 4.78 is 0. The van der Waals surface area contributed by atoms with Gasteiger partial charge in [-0.2, -0.15) is 0 Å². The van der Waals surface area contributed by atoms with E-state index in [1.807, 2.05) is 0 Å². The van der Waals surface area contributed by atoms with Gasteiger partial charge in [0.2, 0.25) is 0 Å². The van der Waals surface area contributed by atoms with Crippen LogP contribution in [0.4, 0.5) is 0 Å². The molecule has 2 nitrogen and oxygen atoms in total. The summed E-state index contributed by atoms with van der Waals surface area (Å²) in [5.74, 6) is 0.683. The average Bonchev–Trinajstić information content (AvgIpc) is 2.05. The Bertz CT molecular complexity index is 109. The Morgan fingerprint density at radius 2 is 1.77 bits per heavy atom. The molecule has 1 unspecified atom stereocenters. The second kappa shape index (κ2) is 7.34. The smallest absolute Gasteiger partial charge is 0.0558 e. The van der Waals surface area contributed by atoms with Gasteiger partial charge in [0, 0.05) is 12.6 Å². The second-order valence-electron chi connectivity index (χ2n) is 3.98. The number of hydrogen-bond acceptors (Lipinski definition) is 2. The lowest BCUT2D eigenvalue weighted by Crippen LogP contribution is -2.40. The highest BCUT2D eigenvalue weighted by Crippen LogP contribution is 2.14. The van der Waals surface area contributed by atoms with E-state index in [9.17, 15) is 0 Å². The van der Waals surface area contributed by atoms with Crippen molar-refractivity contribution in [1.29, 1.82) is 0 Å². The van der Waals surface area contributed by atoms with Gasteiger partial charge in [-0.1, -0.05) is 27.7 Å². The van der Waals surface area contributed by atoms with Crippen LogP contribution in [-0.2, 0) is 0 Å². The van der Waals surface area contributed by atoms with Gasteiger partial charge in [0.25, 0.3) is 0 Å². The molecule has 1 N–H and O–H groups in total. The van der Waals surface area contributed by atoms with Crippen LogP contribution >= 0.6 is 0 Å². The number of hydrogen-bond donors (Lipinski definition) is 1. The Labute approximate surface area is 82.9 Å². The zero-order chi connectivity index (χ0) is 10.3. The van der Waals surface area contributed by atoms with Crippen molar-refractivity contribution in [2.24, 2.45) is 5.92 Å². The first-order chi connectivity index (χ1) is 6.17. The minimum atomic E-state index is 0.281. The van der Waals surface area contributed by atoms with E-state index >= 15 is 0 Å². The van der Waals surface area contributed by atoms with Crippen LogP contribution in [0.3, 0.4) is 0 Å². The molecule has 0 aromatic heterocycles. The topological polar surface area (TPSA) is 23.5 Å². The van der Waals surface area contributed by atoms with Gasteiger partial charge in [-0.3, -0.25) is 4.90 Å². The quantitative estimate of drug-likeness (QED) is 0.660. The molecule has 0 heterocycles. The van der Waals surface area contributed by atoms with E-state index in [4.69, 9.17) is 5.11 Å². The molecule has 0 aliphatic rings. The SMILES string of the molecule is CCCN(CCO)C(CC)C(C)C. The zero-order valence-electron chi connectivity index (χ0n) is 9.58. The molecule has 0 rings (SSSR count). The van der Waals surface area contributed by atoms with E-state index in [1.54, 1.807) is 0 Å². The Kier molecular flexibility index (Phi) is 7.29. The number of nitrogens with zero attached hydrogens (tertiary/aromatic N) is 1. The fourth-order valence-corrected chi connectivity index (χ4v) is 2.01. The molecule has 13 heavy (non-hydrogen) atoms. The number of aliphatic hydroxyl groups excluding tert-OH is 1. The third kappa shape index (κ3) is 4.63. The van der Waals surface area contributed by atoms with Crippen molar-refractivity contribution in [2.45, 2.75) is 46.6 Å². The van der Waals surface area contributed by atoms with Crippen LogP contribution in [0, 0.1) is 5.92 Å². The van der Waals surface area contributed by atoms with Crippen molar-refractivity contribution in [1.82, 2.24) is 4.90 Å². The van der Waals surface area contributed by atoms with Crippen molar-refractivity contribution in [2.75, 3.05) is 19.7 Å². The molecule has 0 saturated heterocycles. The van der Waals surface area contributed by atoms with E-state index in [1.165, 1.54) is 12.8 Å². The van der Waals surface area contributed by atoms with Crippen molar-refractivity contribution in [3.05, 3.63) is 0 Å². The Balaban J connectivity index is 4.11. The van der Waals surface area contributed by atoms with Crippen LogP contribution < -0.4 is 0 Å². The summed E-state index contributed by atoms with van der Waals surface area (Å²) in [6, 6.07) is 0.632. The maximum atomic E-state index is 8.95. The van der Waals surface area contributed by atoms with Gasteiger partial charge in [-0.25, -0.2) is 0 Å². The molecule has 0 aromatic carbocycles. The van der Waals surface area contributed by atoms with Gasteiger partial charge < -0.3 is 5.11 Å². The highest BCUT2D eigenvalue weighted by molar-refractivity contribution is 4.72. The zero-order valence-corrected chi connectivity index (χ0v) is 9.58. The van der Waals surface area contributed by atoms with Crippen molar-refractivity contribution < 1.29 is 5.11 Å². The summed E-state index contributed by atoms with van der Waals surface area (Å²) in [5, 5.41) is 8.95. The molecular weight excluding hydrogens is 162 g/mol. The molecule has 0 aliphatic heterocycles. The van der Waals surface area contributed by atoms with Crippen molar-refractivity contribution in [3.63, 3.8) is 0 Å². The fraction of sp³-hybridized carbons (Fsp3) is 1.00. The molecule has 0 aliphatic carbocycles. The maximum absolute atomic E-state index is 8.95.